The van der Waals surface area contributed by atoms with Gasteiger partial charge in [0.25, 0.3) is 0 Å². The highest BCUT2D eigenvalue weighted by atomic mass is 16.5. The Morgan fingerprint density at radius 3 is 2.48 bits per heavy atom. The minimum absolute atomic E-state index is 0.426. The third-order valence-corrected chi connectivity index (χ3v) is 4.75. The van der Waals surface area contributed by atoms with Crippen molar-refractivity contribution in [1.29, 1.82) is 0 Å². The van der Waals surface area contributed by atoms with Gasteiger partial charge in [0.15, 0.2) is 0 Å². The van der Waals surface area contributed by atoms with Gasteiger partial charge in [0, 0.05) is 12.2 Å². The normalized spacial score (nSPS) is 21.2. The fraction of sp³-hybridized carbons (Fsp3) is 0.636. The van der Waals surface area contributed by atoms with Crippen LogP contribution in [-0.2, 0) is 4.74 Å². The van der Waals surface area contributed by atoms with Crippen LogP contribution < -0.4 is 4.74 Å². The molecule has 1 atom stereocenters. The Balaban J connectivity index is 1.71. The second-order valence-electron chi connectivity index (χ2n) is 6.85. The first-order valence-corrected chi connectivity index (χ1v) is 9.75. The van der Waals surface area contributed by atoms with E-state index in [1.54, 1.807) is 0 Å². The highest BCUT2D eigenvalue weighted by Crippen LogP contribution is 2.29. The fourth-order valence-electron chi connectivity index (χ4n) is 3.27. The average molecular weight is 344 g/mol. The third-order valence-electron chi connectivity index (χ3n) is 4.75. The lowest BCUT2D eigenvalue weighted by atomic mass is 9.84. The van der Waals surface area contributed by atoms with Crippen LogP contribution in [0.3, 0.4) is 0 Å². The largest absolute Gasteiger partial charge is 0.494 e. The SMILES string of the molecule is CCCCOC1CCC(CC(O)C#Cc2ccc(OCC)cc2)CC1. The predicted octanol–water partition coefficient (Wildman–Crippen LogP) is 4.56. The quantitative estimate of drug-likeness (QED) is 0.555. The van der Waals surface area contributed by atoms with Crippen LogP contribution in [0.25, 0.3) is 0 Å². The van der Waals surface area contributed by atoms with E-state index >= 15 is 0 Å². The van der Waals surface area contributed by atoms with Crippen molar-refractivity contribution in [1.82, 2.24) is 0 Å². The smallest absolute Gasteiger partial charge is 0.119 e. The first-order valence-electron chi connectivity index (χ1n) is 9.75. The van der Waals surface area contributed by atoms with Crippen LogP contribution in [0.15, 0.2) is 24.3 Å². The van der Waals surface area contributed by atoms with Crippen molar-refractivity contribution in [3.63, 3.8) is 0 Å². The van der Waals surface area contributed by atoms with Crippen LogP contribution in [-0.4, -0.2) is 30.5 Å². The number of benzene rings is 1. The number of hydrogen-bond acceptors (Lipinski definition) is 3. The summed E-state index contributed by atoms with van der Waals surface area (Å²) in [7, 11) is 0. The van der Waals surface area contributed by atoms with Crippen molar-refractivity contribution >= 4 is 0 Å². The van der Waals surface area contributed by atoms with E-state index in [4.69, 9.17) is 9.47 Å². The minimum Gasteiger partial charge on any atom is -0.494 e. The zero-order chi connectivity index (χ0) is 17.9. The second kappa shape index (κ2) is 11.2. The Labute approximate surface area is 152 Å². The van der Waals surface area contributed by atoms with E-state index in [2.05, 4.69) is 18.8 Å². The molecule has 0 spiro atoms. The number of aliphatic hydroxyl groups excluding tert-OH is 1. The maximum Gasteiger partial charge on any atom is 0.119 e. The van der Waals surface area contributed by atoms with Crippen LogP contribution in [0, 0.1) is 17.8 Å². The molecule has 1 aromatic carbocycles. The van der Waals surface area contributed by atoms with Gasteiger partial charge in [0.2, 0.25) is 0 Å². The molecule has 25 heavy (non-hydrogen) atoms. The monoisotopic (exact) mass is 344 g/mol. The van der Waals surface area contributed by atoms with Gasteiger partial charge >= 0.3 is 0 Å². The molecular formula is C22H32O3. The zero-order valence-electron chi connectivity index (χ0n) is 15.7. The summed E-state index contributed by atoms with van der Waals surface area (Å²) in [5, 5.41) is 10.2. The molecule has 0 amide bonds. The van der Waals surface area contributed by atoms with Gasteiger partial charge in [-0.1, -0.05) is 25.2 Å². The number of rotatable bonds is 8. The molecule has 1 unspecified atom stereocenters. The minimum atomic E-state index is -0.547. The molecule has 0 saturated heterocycles. The molecule has 138 valence electrons. The van der Waals surface area contributed by atoms with Gasteiger partial charge in [0.05, 0.1) is 12.7 Å². The van der Waals surface area contributed by atoms with E-state index in [1.807, 2.05) is 31.2 Å². The summed E-state index contributed by atoms with van der Waals surface area (Å²) in [5.74, 6) is 7.47. The standard InChI is InChI=1S/C22H32O3/c1-3-5-16-25-22-14-9-19(10-15-22)17-20(23)11-6-18-7-12-21(13-8-18)24-4-2/h7-8,12-13,19-20,22-23H,3-5,9-10,14-17H2,1-2H3. The molecule has 1 fully saturated rings. The maximum atomic E-state index is 10.2. The molecule has 0 heterocycles. The molecule has 0 aromatic heterocycles. The molecule has 3 nitrogen and oxygen atoms in total. The molecule has 1 aliphatic carbocycles. The van der Waals surface area contributed by atoms with Gasteiger partial charge in [-0.15, -0.1) is 0 Å². The van der Waals surface area contributed by atoms with E-state index in [9.17, 15) is 5.11 Å². The van der Waals surface area contributed by atoms with E-state index in [0.29, 0.717) is 18.6 Å². The second-order valence-corrected chi connectivity index (χ2v) is 6.85. The topological polar surface area (TPSA) is 38.7 Å². The Morgan fingerprint density at radius 1 is 1.12 bits per heavy atom. The predicted molar refractivity (Wildman–Crippen MR) is 102 cm³/mol. The third kappa shape index (κ3) is 7.50. The van der Waals surface area contributed by atoms with Crippen molar-refractivity contribution in [2.75, 3.05) is 13.2 Å². The van der Waals surface area contributed by atoms with E-state index in [1.165, 1.54) is 6.42 Å². The molecule has 0 aliphatic heterocycles. The van der Waals surface area contributed by atoms with E-state index in [-0.39, 0.29) is 0 Å². The first-order chi connectivity index (χ1) is 12.2. The number of ether oxygens (including phenoxy) is 2. The lowest BCUT2D eigenvalue weighted by Gasteiger charge is -2.29. The van der Waals surface area contributed by atoms with Gasteiger partial charge in [-0.2, -0.15) is 0 Å². The summed E-state index contributed by atoms with van der Waals surface area (Å²) in [5.41, 5.74) is 0.913. The molecular weight excluding hydrogens is 312 g/mol. The molecule has 2 rings (SSSR count). The molecule has 0 radical (unpaired) electrons. The molecule has 1 aliphatic rings. The van der Waals surface area contributed by atoms with Crippen molar-refractivity contribution in [3.05, 3.63) is 29.8 Å². The zero-order valence-corrected chi connectivity index (χ0v) is 15.7. The van der Waals surface area contributed by atoms with Crippen molar-refractivity contribution < 1.29 is 14.6 Å². The van der Waals surface area contributed by atoms with Crippen molar-refractivity contribution in [2.45, 2.75) is 71.0 Å². The molecule has 1 aromatic rings. The van der Waals surface area contributed by atoms with Gasteiger partial charge in [-0.05, 0) is 75.6 Å². The van der Waals surface area contributed by atoms with Gasteiger partial charge in [-0.25, -0.2) is 0 Å². The number of hydrogen-bond donors (Lipinski definition) is 1. The van der Waals surface area contributed by atoms with Crippen LogP contribution in [0.2, 0.25) is 0 Å². The maximum absolute atomic E-state index is 10.2. The van der Waals surface area contributed by atoms with Gasteiger partial charge in [-0.3, -0.25) is 0 Å². The summed E-state index contributed by atoms with van der Waals surface area (Å²) in [4.78, 5) is 0. The lowest BCUT2D eigenvalue weighted by Crippen LogP contribution is -2.24. The first kappa shape index (κ1) is 19.8. The number of unbranched alkanes of at least 4 members (excludes halogenated alkanes) is 1. The van der Waals surface area contributed by atoms with Gasteiger partial charge in [0.1, 0.15) is 11.9 Å². The van der Waals surface area contributed by atoms with Crippen LogP contribution >= 0.6 is 0 Å². The van der Waals surface area contributed by atoms with Crippen molar-refractivity contribution in [3.8, 4) is 17.6 Å². The van der Waals surface area contributed by atoms with Gasteiger partial charge < -0.3 is 14.6 Å². The number of aliphatic hydroxyl groups is 1. The van der Waals surface area contributed by atoms with E-state index in [0.717, 1.165) is 56.4 Å². The molecule has 1 saturated carbocycles. The average Bonchev–Trinajstić information content (AvgIpc) is 2.63. The summed E-state index contributed by atoms with van der Waals surface area (Å²) >= 11 is 0. The Bertz CT molecular complexity index is 533. The summed E-state index contributed by atoms with van der Waals surface area (Å²) in [6, 6.07) is 7.70. The van der Waals surface area contributed by atoms with Crippen LogP contribution in [0.5, 0.6) is 5.75 Å². The summed E-state index contributed by atoms with van der Waals surface area (Å²) < 4.78 is 11.3. The lowest BCUT2D eigenvalue weighted by molar-refractivity contribution is 0.0125. The van der Waals surface area contributed by atoms with Crippen LogP contribution in [0.4, 0.5) is 0 Å². The fourth-order valence-corrected chi connectivity index (χ4v) is 3.27. The molecule has 3 heteroatoms. The molecule has 0 bridgehead atoms. The Morgan fingerprint density at radius 2 is 1.84 bits per heavy atom. The van der Waals surface area contributed by atoms with E-state index < -0.39 is 6.10 Å². The Kier molecular flexibility index (Phi) is 8.86. The summed E-state index contributed by atoms with van der Waals surface area (Å²) in [6.45, 7) is 5.71. The van der Waals surface area contributed by atoms with Crippen molar-refractivity contribution in [2.24, 2.45) is 5.92 Å². The molecule has 1 N–H and O–H groups in total. The highest BCUT2D eigenvalue weighted by Gasteiger charge is 2.22. The highest BCUT2D eigenvalue weighted by molar-refractivity contribution is 5.38. The Hall–Kier alpha value is -1.50. The van der Waals surface area contributed by atoms with Crippen LogP contribution in [0.1, 0.15) is 64.4 Å². The summed E-state index contributed by atoms with van der Waals surface area (Å²) in [6.07, 6.45) is 7.50.